The van der Waals surface area contributed by atoms with Gasteiger partial charge in [0.2, 0.25) is 5.91 Å². The van der Waals surface area contributed by atoms with Gasteiger partial charge < -0.3 is 15.0 Å². The molecule has 5 nitrogen and oxygen atoms in total. The Morgan fingerprint density at radius 2 is 1.66 bits per heavy atom. The fourth-order valence-corrected chi connectivity index (χ4v) is 5.02. The van der Waals surface area contributed by atoms with Gasteiger partial charge >= 0.3 is 0 Å². The maximum absolute atomic E-state index is 13.7. The molecule has 3 aromatic carbocycles. The minimum absolute atomic E-state index is 0.0286. The topological polar surface area (TPSA) is 58.6 Å². The van der Waals surface area contributed by atoms with E-state index in [0.29, 0.717) is 34.3 Å². The van der Waals surface area contributed by atoms with Gasteiger partial charge in [0, 0.05) is 35.1 Å². The molecular weight excluding hydrogens is 587 g/mol. The van der Waals surface area contributed by atoms with E-state index in [1.807, 2.05) is 55.5 Å². The van der Waals surface area contributed by atoms with Crippen molar-refractivity contribution in [1.29, 1.82) is 0 Å². The number of carbonyl (C=O) groups is 2. The van der Waals surface area contributed by atoms with Gasteiger partial charge in [-0.05, 0) is 63.7 Å². The fourth-order valence-electron chi connectivity index (χ4n) is 4.01. The normalized spacial score (nSPS) is 12.1. The second-order valence-corrected chi connectivity index (χ2v) is 11.7. The zero-order chi connectivity index (χ0) is 27.9. The molecule has 0 fully saturated rings. The zero-order valence-corrected chi connectivity index (χ0v) is 25.2. The lowest BCUT2D eigenvalue weighted by Gasteiger charge is -2.32. The fraction of sp³-hybridized carbons (Fsp3) is 0.333. The molecule has 3 aromatic rings. The molecule has 3 rings (SSSR count). The number of ether oxygens (including phenoxy) is 1. The molecule has 0 spiro atoms. The van der Waals surface area contributed by atoms with Crippen LogP contribution in [0.3, 0.4) is 0 Å². The van der Waals surface area contributed by atoms with Gasteiger partial charge in [-0.3, -0.25) is 9.59 Å². The summed E-state index contributed by atoms with van der Waals surface area (Å²) in [6.07, 6.45) is 0.324. The summed E-state index contributed by atoms with van der Waals surface area (Å²) >= 11 is 16.5. The zero-order valence-electron chi connectivity index (χ0n) is 22.1. The highest BCUT2D eigenvalue weighted by molar-refractivity contribution is 9.10. The summed E-state index contributed by atoms with van der Waals surface area (Å²) in [4.78, 5) is 28.5. The largest absolute Gasteiger partial charge is 0.483 e. The van der Waals surface area contributed by atoms with Gasteiger partial charge in [0.1, 0.15) is 11.8 Å². The van der Waals surface area contributed by atoms with Crippen LogP contribution in [0, 0.1) is 0 Å². The van der Waals surface area contributed by atoms with Crippen molar-refractivity contribution in [2.45, 2.75) is 52.1 Å². The minimum atomic E-state index is -0.799. The Bertz CT molecular complexity index is 1240. The highest BCUT2D eigenvalue weighted by atomic mass is 79.9. The summed E-state index contributed by atoms with van der Waals surface area (Å²) in [6.45, 7) is 8.46. The number of carbonyl (C=O) groups excluding carboxylic acids is 2. The monoisotopic (exact) mass is 618 g/mol. The van der Waals surface area contributed by atoms with E-state index in [1.54, 1.807) is 18.2 Å². The van der Waals surface area contributed by atoms with Gasteiger partial charge in [-0.25, -0.2) is 0 Å². The number of hydrogen-bond acceptors (Lipinski definition) is 3. The van der Waals surface area contributed by atoms with Crippen LogP contribution in [0.25, 0.3) is 0 Å². The maximum Gasteiger partial charge on any atom is 0.261 e. The summed E-state index contributed by atoms with van der Waals surface area (Å²) in [7, 11) is 0. The van der Waals surface area contributed by atoms with Gasteiger partial charge in [-0.2, -0.15) is 0 Å². The Balaban J connectivity index is 1.93. The predicted molar refractivity (Wildman–Crippen MR) is 158 cm³/mol. The van der Waals surface area contributed by atoms with E-state index in [1.165, 1.54) is 4.90 Å². The van der Waals surface area contributed by atoms with E-state index < -0.39 is 6.04 Å². The van der Waals surface area contributed by atoms with Crippen LogP contribution in [0.2, 0.25) is 10.0 Å². The molecule has 8 heteroatoms. The quantitative estimate of drug-likeness (QED) is 0.261. The first kappa shape index (κ1) is 30.0. The van der Waals surface area contributed by atoms with Crippen molar-refractivity contribution in [2.75, 3.05) is 13.2 Å². The highest BCUT2D eigenvalue weighted by Crippen LogP contribution is 2.32. The van der Waals surface area contributed by atoms with Crippen LogP contribution in [-0.4, -0.2) is 35.9 Å². The van der Waals surface area contributed by atoms with Gasteiger partial charge in [-0.1, -0.05) is 86.4 Å². The molecule has 2 amide bonds. The Kier molecular flexibility index (Phi) is 10.7. The molecule has 202 valence electrons. The number of hydrogen-bond donors (Lipinski definition) is 1. The Morgan fingerprint density at radius 3 is 2.24 bits per heavy atom. The smallest absolute Gasteiger partial charge is 0.261 e. The van der Waals surface area contributed by atoms with E-state index in [2.05, 4.69) is 42.0 Å². The molecule has 0 bridgehead atoms. The molecule has 0 saturated heterocycles. The number of likely N-dealkylation sites (N-methyl/N-ethyl adjacent to an activating group) is 1. The van der Waals surface area contributed by atoms with Gasteiger partial charge in [-0.15, -0.1) is 0 Å². The number of nitrogens with one attached hydrogen (secondary N) is 1. The lowest BCUT2D eigenvalue weighted by molar-refractivity contribution is -0.142. The van der Waals surface area contributed by atoms with Gasteiger partial charge in [0.05, 0.1) is 4.47 Å². The van der Waals surface area contributed by atoms with Crippen molar-refractivity contribution in [3.63, 3.8) is 0 Å². The average molecular weight is 620 g/mol. The lowest BCUT2D eigenvalue weighted by atomic mass is 9.87. The molecule has 0 heterocycles. The van der Waals surface area contributed by atoms with Crippen molar-refractivity contribution in [2.24, 2.45) is 0 Å². The molecular formula is C30H33BrCl2N2O3. The third kappa shape index (κ3) is 7.98. The summed E-state index contributed by atoms with van der Waals surface area (Å²) < 4.78 is 6.70. The Labute approximate surface area is 243 Å². The number of halogens is 3. The van der Waals surface area contributed by atoms with Gasteiger partial charge in [0.25, 0.3) is 5.91 Å². The number of benzene rings is 3. The third-order valence-electron chi connectivity index (χ3n) is 6.16. The first-order chi connectivity index (χ1) is 18.0. The lowest BCUT2D eigenvalue weighted by Crippen LogP contribution is -2.51. The molecule has 38 heavy (non-hydrogen) atoms. The van der Waals surface area contributed by atoms with E-state index in [0.717, 1.165) is 15.6 Å². The van der Waals surface area contributed by atoms with Crippen LogP contribution in [0.1, 0.15) is 44.4 Å². The summed E-state index contributed by atoms with van der Waals surface area (Å²) in [6, 6.07) is 19.8. The van der Waals surface area contributed by atoms with E-state index in [-0.39, 0.29) is 30.4 Å². The van der Waals surface area contributed by atoms with Crippen LogP contribution in [-0.2, 0) is 28.0 Å². The van der Waals surface area contributed by atoms with Crippen molar-refractivity contribution in [3.8, 4) is 5.75 Å². The summed E-state index contributed by atoms with van der Waals surface area (Å²) in [5.74, 6) is -0.0803. The second kappa shape index (κ2) is 13.5. The van der Waals surface area contributed by atoms with Crippen molar-refractivity contribution < 1.29 is 14.3 Å². The Morgan fingerprint density at radius 1 is 1.00 bits per heavy atom. The van der Waals surface area contributed by atoms with E-state index >= 15 is 0 Å². The molecule has 0 aliphatic heterocycles. The third-order valence-corrected chi connectivity index (χ3v) is 7.49. The van der Waals surface area contributed by atoms with Crippen LogP contribution >= 0.6 is 39.1 Å². The molecule has 0 aliphatic rings. The number of amides is 2. The van der Waals surface area contributed by atoms with Crippen LogP contribution < -0.4 is 10.1 Å². The maximum atomic E-state index is 13.7. The molecule has 0 saturated carbocycles. The standard InChI is InChI=1S/C30H33BrCl2N2O3/c1-5-34-29(37)26(16-20-10-7-6-8-11-20)35(18-22-24(32)12-9-13-25(22)33)28(36)19-38-27-15-14-21(17-23(27)31)30(2,3)4/h6-15,17,26H,5,16,18-19H2,1-4H3,(H,34,37)/t26-/m1/s1. The second-order valence-electron chi connectivity index (χ2n) is 10.0. The van der Waals surface area contributed by atoms with Gasteiger partial charge in [0.15, 0.2) is 6.61 Å². The molecule has 0 aromatic heterocycles. The summed E-state index contributed by atoms with van der Waals surface area (Å²) in [5.41, 5.74) is 2.60. The average Bonchev–Trinajstić information content (AvgIpc) is 2.87. The minimum Gasteiger partial charge on any atom is -0.483 e. The first-order valence-corrected chi connectivity index (χ1v) is 14.0. The summed E-state index contributed by atoms with van der Waals surface area (Å²) in [5, 5.41) is 3.72. The van der Waals surface area contributed by atoms with E-state index in [9.17, 15) is 9.59 Å². The molecule has 0 radical (unpaired) electrons. The van der Waals surface area contributed by atoms with Crippen molar-refractivity contribution >= 4 is 50.9 Å². The SMILES string of the molecule is CCNC(=O)[C@@H](Cc1ccccc1)N(Cc1c(Cl)cccc1Cl)C(=O)COc1ccc(C(C)(C)C)cc1Br. The molecule has 1 atom stereocenters. The van der Waals surface area contributed by atoms with Crippen LogP contribution in [0.15, 0.2) is 71.2 Å². The van der Waals surface area contributed by atoms with E-state index in [4.69, 9.17) is 27.9 Å². The van der Waals surface area contributed by atoms with Crippen molar-refractivity contribution in [1.82, 2.24) is 10.2 Å². The first-order valence-electron chi connectivity index (χ1n) is 12.5. The highest BCUT2D eigenvalue weighted by Gasteiger charge is 2.31. The molecule has 0 aliphatic carbocycles. The number of nitrogens with zero attached hydrogens (tertiary/aromatic N) is 1. The molecule has 1 N–H and O–H groups in total. The predicted octanol–water partition coefficient (Wildman–Crippen LogP) is 7.21. The Hall–Kier alpha value is -2.54. The van der Waals surface area contributed by atoms with Crippen LogP contribution in [0.5, 0.6) is 5.75 Å². The molecule has 0 unspecified atom stereocenters. The van der Waals surface area contributed by atoms with Crippen molar-refractivity contribution in [3.05, 3.63) is 97.9 Å². The van der Waals surface area contributed by atoms with Crippen LogP contribution in [0.4, 0.5) is 0 Å². The number of rotatable bonds is 10.